The molecule has 0 aliphatic carbocycles. The summed E-state index contributed by atoms with van der Waals surface area (Å²) in [6.07, 6.45) is -0.482. The predicted molar refractivity (Wildman–Crippen MR) is 328 cm³/mol. The fourth-order valence-electron chi connectivity index (χ4n) is 13.0. The molecule has 0 amide bonds. The second-order valence-electron chi connectivity index (χ2n) is 20.8. The predicted octanol–water partition coefficient (Wildman–Crippen LogP) is 18.9. The molecule has 5 nitrogen and oxygen atoms in total. The lowest BCUT2D eigenvalue weighted by atomic mass is 9.92. The van der Waals surface area contributed by atoms with E-state index < -0.39 is 6.17 Å². The largest absolute Gasteiger partial charge is 0.456 e. The summed E-state index contributed by atoms with van der Waals surface area (Å²) in [6.45, 7) is 0. The summed E-state index contributed by atoms with van der Waals surface area (Å²) in [5.74, 6) is 1.40. The van der Waals surface area contributed by atoms with Crippen molar-refractivity contribution in [2.45, 2.75) is 6.17 Å². The second-order valence-corrected chi connectivity index (χ2v) is 20.8. The highest BCUT2D eigenvalue weighted by molar-refractivity contribution is 6.28. The Morgan fingerprint density at radius 3 is 1.53 bits per heavy atom. The number of hydrogen-bond acceptors (Lipinski definition) is 4. The highest BCUT2D eigenvalue weighted by Gasteiger charge is 2.26. The molecule has 0 saturated heterocycles. The quantitative estimate of drug-likeness (QED) is 0.175. The highest BCUT2D eigenvalue weighted by atomic mass is 16.3. The molecule has 16 aromatic rings. The van der Waals surface area contributed by atoms with Gasteiger partial charge in [-0.25, -0.2) is 9.98 Å². The topological polar surface area (TPSA) is 54.8 Å². The molecule has 1 aliphatic rings. The number of nitrogens with zero attached hydrogens (tertiary/aromatic N) is 3. The van der Waals surface area contributed by atoms with Gasteiger partial charge < -0.3 is 14.3 Å². The third kappa shape index (κ3) is 6.42. The summed E-state index contributed by atoms with van der Waals surface area (Å²) in [4.78, 5) is 11.3. The summed E-state index contributed by atoms with van der Waals surface area (Å²) in [5.41, 5.74) is 10.1. The summed E-state index contributed by atoms with van der Waals surface area (Å²) in [6, 6.07) is 92.6. The average molecular weight is 993 g/mol. The van der Waals surface area contributed by atoms with Crippen LogP contribution in [-0.4, -0.2) is 16.2 Å². The standard InChI is InChI=1S/C73H44N4O/c1-2-16-44-41-68-65(37-43(44)15-1)59-25-11-13-27-67(59)77(68)48-32-35-61(62(42-48)45-31-36-70-66(38-45)60-26-12-14-28-69(60)78-70)73-75-71(46-29-33-57-53-21-5-3-17-49(53)51-19-7-9-23-55(51)63(57)39-46)74-72(76-73)47-30-34-58-54-22-6-4-18-50(54)52-20-8-10-24-56(52)64(58)40-47/h1-42,71H,(H,74,75,76). The van der Waals surface area contributed by atoms with Crippen molar-refractivity contribution in [1.29, 1.82) is 0 Å². The lowest BCUT2D eigenvalue weighted by Gasteiger charge is -2.26. The molecule has 1 atom stereocenters. The Kier molecular flexibility index (Phi) is 9.12. The third-order valence-corrected chi connectivity index (χ3v) is 16.6. The van der Waals surface area contributed by atoms with Crippen molar-refractivity contribution in [1.82, 2.24) is 9.88 Å². The van der Waals surface area contributed by atoms with Crippen LogP contribution in [0.2, 0.25) is 0 Å². The number of hydrogen-bond donors (Lipinski definition) is 1. The molecule has 0 fully saturated rings. The molecule has 1 unspecified atom stereocenters. The fourth-order valence-corrected chi connectivity index (χ4v) is 13.0. The van der Waals surface area contributed by atoms with Gasteiger partial charge in [-0.05, 0) is 159 Å². The van der Waals surface area contributed by atoms with Crippen LogP contribution in [-0.2, 0) is 0 Å². The van der Waals surface area contributed by atoms with Crippen LogP contribution < -0.4 is 5.32 Å². The molecule has 78 heavy (non-hydrogen) atoms. The molecule has 2 aromatic heterocycles. The average Bonchev–Trinajstić information content (AvgIpc) is 4.09. The number of rotatable bonds is 5. The van der Waals surface area contributed by atoms with Crippen LogP contribution in [0.15, 0.2) is 269 Å². The Hall–Kier alpha value is -10.4. The van der Waals surface area contributed by atoms with Gasteiger partial charge >= 0.3 is 0 Å². The van der Waals surface area contributed by atoms with E-state index in [2.05, 4.69) is 253 Å². The van der Waals surface area contributed by atoms with Gasteiger partial charge in [0.25, 0.3) is 0 Å². The first kappa shape index (κ1) is 42.9. The van der Waals surface area contributed by atoms with Crippen LogP contribution in [0.4, 0.5) is 0 Å². The maximum Gasteiger partial charge on any atom is 0.159 e. The fraction of sp³-hybridized carbons (Fsp3) is 0.0137. The molecule has 5 heteroatoms. The maximum atomic E-state index is 6.44. The van der Waals surface area contributed by atoms with Crippen LogP contribution in [0, 0.1) is 0 Å². The molecule has 0 saturated carbocycles. The molecule has 0 radical (unpaired) electrons. The zero-order valence-electron chi connectivity index (χ0n) is 42.1. The number of amidine groups is 2. The number of aliphatic imine (C=N–C) groups is 2. The van der Waals surface area contributed by atoms with Gasteiger partial charge in [0.05, 0.1) is 11.0 Å². The van der Waals surface area contributed by atoms with Crippen LogP contribution in [0.1, 0.15) is 22.9 Å². The first-order valence-electron chi connectivity index (χ1n) is 26.7. The number of furan rings is 1. The third-order valence-electron chi connectivity index (χ3n) is 16.6. The molecule has 0 spiro atoms. The second kappa shape index (κ2) is 16.6. The zero-order chi connectivity index (χ0) is 51.0. The van der Waals surface area contributed by atoms with E-state index in [1.807, 2.05) is 12.1 Å². The van der Waals surface area contributed by atoms with Crippen molar-refractivity contribution < 1.29 is 4.42 Å². The number of nitrogens with one attached hydrogen (secondary N) is 1. The van der Waals surface area contributed by atoms with Crippen molar-refractivity contribution in [3.05, 3.63) is 271 Å². The number of fused-ring (bicyclic) bond motifs is 19. The molecule has 1 N–H and O–H groups in total. The first-order valence-corrected chi connectivity index (χ1v) is 26.7. The summed E-state index contributed by atoms with van der Waals surface area (Å²) < 4.78 is 8.86. The Bertz CT molecular complexity index is 5260. The molecule has 0 bridgehead atoms. The molecule has 1 aliphatic heterocycles. The van der Waals surface area contributed by atoms with Crippen LogP contribution in [0.25, 0.3) is 136 Å². The van der Waals surface area contributed by atoms with E-state index in [-0.39, 0.29) is 0 Å². The lowest BCUT2D eigenvalue weighted by Crippen LogP contribution is -2.34. The van der Waals surface area contributed by atoms with E-state index in [9.17, 15) is 0 Å². The molecule has 362 valence electrons. The summed E-state index contributed by atoms with van der Waals surface area (Å²) >= 11 is 0. The van der Waals surface area contributed by atoms with Gasteiger partial charge in [0.1, 0.15) is 23.2 Å². The summed E-state index contributed by atoms with van der Waals surface area (Å²) in [5, 5.41) is 25.6. The van der Waals surface area contributed by atoms with Crippen molar-refractivity contribution in [3.63, 3.8) is 0 Å². The molecule has 14 aromatic carbocycles. The Morgan fingerprint density at radius 1 is 0.333 bits per heavy atom. The number of aromatic nitrogens is 1. The van der Waals surface area contributed by atoms with E-state index in [1.54, 1.807) is 0 Å². The molecule has 17 rings (SSSR count). The first-order chi connectivity index (χ1) is 38.6. The van der Waals surface area contributed by atoms with Gasteiger partial charge in [-0.1, -0.05) is 188 Å². The van der Waals surface area contributed by atoms with Crippen molar-refractivity contribution >= 4 is 131 Å². The minimum atomic E-state index is -0.482. The van der Waals surface area contributed by atoms with Crippen LogP contribution in [0.3, 0.4) is 0 Å². The lowest BCUT2D eigenvalue weighted by molar-refractivity contribution is 0.669. The maximum absolute atomic E-state index is 6.44. The Labute approximate surface area is 447 Å². The highest BCUT2D eigenvalue weighted by Crippen LogP contribution is 2.42. The number of para-hydroxylation sites is 2. The van der Waals surface area contributed by atoms with E-state index in [0.29, 0.717) is 5.84 Å². The van der Waals surface area contributed by atoms with E-state index >= 15 is 0 Å². The van der Waals surface area contributed by atoms with Crippen molar-refractivity contribution in [2.24, 2.45) is 9.98 Å². The van der Waals surface area contributed by atoms with Crippen LogP contribution >= 0.6 is 0 Å². The minimum Gasteiger partial charge on any atom is -0.456 e. The van der Waals surface area contributed by atoms with Crippen LogP contribution in [0.5, 0.6) is 0 Å². The van der Waals surface area contributed by atoms with Gasteiger partial charge in [-0.2, -0.15) is 0 Å². The van der Waals surface area contributed by atoms with Gasteiger partial charge in [-0.3, -0.25) is 0 Å². The molecular weight excluding hydrogens is 949 g/mol. The van der Waals surface area contributed by atoms with E-state index in [1.165, 1.54) is 86.2 Å². The van der Waals surface area contributed by atoms with Gasteiger partial charge in [0, 0.05) is 38.4 Å². The SMILES string of the molecule is c1ccc2cc3c(cc2c1)c1ccccc1n3-c1ccc(C2=NC(c3ccc4c5ccccc5c5ccccc5c4c3)=NC(c3ccc4c5ccccc5c5ccccc5c4c3)N2)c(-c2ccc3oc4ccccc4c3c2)c1. The monoisotopic (exact) mass is 992 g/mol. The smallest absolute Gasteiger partial charge is 0.159 e. The Balaban J connectivity index is 0.917. The molecular formula is C73H44N4O. The Morgan fingerprint density at radius 2 is 0.846 bits per heavy atom. The van der Waals surface area contributed by atoms with Crippen molar-refractivity contribution in [3.8, 4) is 16.8 Å². The van der Waals surface area contributed by atoms with E-state index in [0.717, 1.165) is 72.3 Å². The van der Waals surface area contributed by atoms with Gasteiger partial charge in [0.15, 0.2) is 5.84 Å². The summed E-state index contributed by atoms with van der Waals surface area (Å²) in [7, 11) is 0. The minimum absolute atomic E-state index is 0.482. The molecule has 3 heterocycles. The van der Waals surface area contributed by atoms with Crippen molar-refractivity contribution in [2.75, 3.05) is 0 Å². The van der Waals surface area contributed by atoms with Gasteiger partial charge in [0.2, 0.25) is 0 Å². The zero-order valence-corrected chi connectivity index (χ0v) is 42.1. The van der Waals surface area contributed by atoms with E-state index in [4.69, 9.17) is 14.4 Å². The normalized spacial score (nSPS) is 14.0. The van der Waals surface area contributed by atoms with Gasteiger partial charge in [-0.15, -0.1) is 0 Å². The number of benzene rings is 14.